The average molecular weight is 331 g/mol. The van der Waals surface area contributed by atoms with Gasteiger partial charge in [-0.15, -0.1) is 0 Å². The maximum absolute atomic E-state index is 13.0. The van der Waals surface area contributed by atoms with Crippen molar-refractivity contribution in [2.45, 2.75) is 13.8 Å². The summed E-state index contributed by atoms with van der Waals surface area (Å²) in [7, 11) is 0. The van der Waals surface area contributed by atoms with Crippen molar-refractivity contribution < 1.29 is 14.3 Å². The summed E-state index contributed by atoms with van der Waals surface area (Å²) in [5, 5.41) is 0. The van der Waals surface area contributed by atoms with Gasteiger partial charge in [-0.3, -0.25) is 4.79 Å². The maximum atomic E-state index is 13.0. The summed E-state index contributed by atoms with van der Waals surface area (Å²) in [5.41, 5.74) is 5.62. The Balaban J connectivity index is 1.99. The number of hydrogen-bond donors (Lipinski definition) is 1. The molecule has 1 heterocycles. The van der Waals surface area contributed by atoms with Crippen LogP contribution in [0.5, 0.6) is 0 Å². The van der Waals surface area contributed by atoms with Gasteiger partial charge < -0.3 is 9.72 Å². The Bertz CT molecular complexity index is 996. The van der Waals surface area contributed by atoms with Crippen molar-refractivity contribution in [3.63, 3.8) is 0 Å². The normalized spacial score (nSPS) is 12.0. The molecular weight excluding hydrogens is 314 g/mol. The van der Waals surface area contributed by atoms with Crippen LogP contribution in [0.15, 0.2) is 48.5 Å². The number of esters is 1. The van der Waals surface area contributed by atoms with Gasteiger partial charge in [0, 0.05) is 16.7 Å². The first kappa shape index (κ1) is 15.4. The Hall–Kier alpha value is -3.14. The first-order valence-corrected chi connectivity index (χ1v) is 8.26. The molecule has 124 valence electrons. The van der Waals surface area contributed by atoms with Crippen LogP contribution in [-0.4, -0.2) is 23.3 Å². The molecule has 0 spiro atoms. The minimum Gasteiger partial charge on any atom is -0.461 e. The van der Waals surface area contributed by atoms with E-state index in [1.54, 1.807) is 6.92 Å². The molecule has 2 aromatic carbocycles. The van der Waals surface area contributed by atoms with Crippen molar-refractivity contribution in [3.05, 3.63) is 70.9 Å². The largest absolute Gasteiger partial charge is 0.461 e. The van der Waals surface area contributed by atoms with Crippen LogP contribution in [0.1, 0.15) is 38.9 Å². The molecule has 0 saturated carbocycles. The van der Waals surface area contributed by atoms with E-state index < -0.39 is 5.97 Å². The summed E-state index contributed by atoms with van der Waals surface area (Å²) in [4.78, 5) is 28.6. The number of aromatic nitrogens is 1. The predicted octanol–water partition coefficient (Wildman–Crippen LogP) is 4.38. The molecule has 1 N–H and O–H groups in total. The summed E-state index contributed by atoms with van der Waals surface area (Å²) in [5.74, 6) is -0.509. The molecule has 0 radical (unpaired) electrons. The Morgan fingerprint density at radius 1 is 1.00 bits per heavy atom. The Labute approximate surface area is 145 Å². The molecule has 4 nitrogen and oxygen atoms in total. The fourth-order valence-electron chi connectivity index (χ4n) is 3.33. The third-order valence-electron chi connectivity index (χ3n) is 4.49. The van der Waals surface area contributed by atoms with E-state index in [-0.39, 0.29) is 12.4 Å². The van der Waals surface area contributed by atoms with Crippen molar-refractivity contribution in [2.24, 2.45) is 0 Å². The summed E-state index contributed by atoms with van der Waals surface area (Å²) in [6.07, 6.45) is 0. The highest BCUT2D eigenvalue weighted by Gasteiger charge is 2.35. The number of ether oxygens (including phenoxy) is 1. The summed E-state index contributed by atoms with van der Waals surface area (Å²) in [6.45, 7) is 4.04. The number of carbonyl (C=O) groups is 2. The summed E-state index contributed by atoms with van der Waals surface area (Å²) >= 11 is 0. The van der Waals surface area contributed by atoms with Crippen LogP contribution in [0.2, 0.25) is 0 Å². The van der Waals surface area contributed by atoms with Crippen molar-refractivity contribution in [3.8, 4) is 22.4 Å². The number of fused-ring (bicyclic) bond motifs is 3. The predicted molar refractivity (Wildman–Crippen MR) is 95.8 cm³/mol. The van der Waals surface area contributed by atoms with Gasteiger partial charge in [0.15, 0.2) is 5.78 Å². The highest BCUT2D eigenvalue weighted by molar-refractivity contribution is 6.26. The quantitative estimate of drug-likeness (QED) is 0.567. The Kier molecular flexibility index (Phi) is 3.53. The van der Waals surface area contributed by atoms with Crippen LogP contribution < -0.4 is 0 Å². The first-order chi connectivity index (χ1) is 12.1. The van der Waals surface area contributed by atoms with E-state index in [1.807, 2.05) is 55.5 Å². The van der Waals surface area contributed by atoms with Crippen LogP contribution in [0.4, 0.5) is 0 Å². The van der Waals surface area contributed by atoms with Crippen molar-refractivity contribution in [1.29, 1.82) is 0 Å². The lowest BCUT2D eigenvalue weighted by atomic mass is 9.97. The number of aryl methyl sites for hydroxylation is 1. The maximum Gasteiger partial charge on any atom is 0.355 e. The van der Waals surface area contributed by atoms with E-state index in [0.717, 1.165) is 16.7 Å². The van der Waals surface area contributed by atoms with Crippen molar-refractivity contribution in [1.82, 2.24) is 4.98 Å². The number of carbonyl (C=O) groups excluding carboxylic acids is 2. The van der Waals surface area contributed by atoms with E-state index in [1.165, 1.54) is 0 Å². The molecule has 1 aliphatic rings. The highest BCUT2D eigenvalue weighted by atomic mass is 16.5. The van der Waals surface area contributed by atoms with Gasteiger partial charge in [0.05, 0.1) is 17.9 Å². The van der Waals surface area contributed by atoms with Crippen LogP contribution >= 0.6 is 0 Å². The lowest BCUT2D eigenvalue weighted by Crippen LogP contribution is -2.08. The molecule has 1 aromatic heterocycles. The molecule has 0 unspecified atom stereocenters. The zero-order valence-electron chi connectivity index (χ0n) is 14.1. The van der Waals surface area contributed by atoms with E-state index in [2.05, 4.69) is 4.98 Å². The Morgan fingerprint density at radius 2 is 1.68 bits per heavy atom. The van der Waals surface area contributed by atoms with Gasteiger partial charge in [-0.2, -0.15) is 0 Å². The van der Waals surface area contributed by atoms with Gasteiger partial charge in [-0.1, -0.05) is 54.1 Å². The molecule has 1 aliphatic carbocycles. The molecule has 25 heavy (non-hydrogen) atoms. The molecule has 0 atom stereocenters. The van der Waals surface area contributed by atoms with Crippen LogP contribution in [0.25, 0.3) is 22.4 Å². The number of ketones is 1. The van der Waals surface area contributed by atoms with E-state index in [4.69, 9.17) is 4.74 Å². The molecule has 0 amide bonds. The number of aromatic amines is 1. The van der Waals surface area contributed by atoms with Crippen LogP contribution in [0, 0.1) is 6.92 Å². The molecule has 3 aromatic rings. The second-order valence-electron chi connectivity index (χ2n) is 6.09. The van der Waals surface area contributed by atoms with Crippen molar-refractivity contribution in [2.75, 3.05) is 6.61 Å². The number of hydrogen-bond acceptors (Lipinski definition) is 3. The molecule has 0 bridgehead atoms. The molecule has 4 heteroatoms. The highest BCUT2D eigenvalue weighted by Crippen LogP contribution is 2.43. The van der Waals surface area contributed by atoms with Gasteiger partial charge in [0.25, 0.3) is 0 Å². The molecule has 0 aliphatic heterocycles. The van der Waals surface area contributed by atoms with Gasteiger partial charge in [-0.25, -0.2) is 4.79 Å². The standard InChI is InChI=1S/C21H17NO3/c1-3-25-21(24)19-16(13-10-8-12(2)9-11-13)17-18(22-19)14-6-4-5-7-15(14)20(17)23/h4-11,22H,3H2,1-2H3. The fraction of sp³-hybridized carbons (Fsp3) is 0.143. The third kappa shape index (κ3) is 2.30. The lowest BCUT2D eigenvalue weighted by Gasteiger charge is -2.07. The second-order valence-corrected chi connectivity index (χ2v) is 6.09. The molecular formula is C21H17NO3. The van der Waals surface area contributed by atoms with Crippen LogP contribution in [-0.2, 0) is 4.74 Å². The number of benzene rings is 2. The van der Waals surface area contributed by atoms with E-state index in [0.29, 0.717) is 28.1 Å². The zero-order chi connectivity index (χ0) is 17.6. The SMILES string of the molecule is CCOC(=O)c1[nH]c2c(c1-c1ccc(C)cc1)C(=O)c1ccccc1-2. The average Bonchev–Trinajstić information content (AvgIpc) is 3.13. The number of nitrogens with one attached hydrogen (secondary N) is 1. The fourth-order valence-corrected chi connectivity index (χ4v) is 3.33. The van der Waals surface area contributed by atoms with Gasteiger partial charge >= 0.3 is 5.97 Å². The number of H-pyrrole nitrogens is 1. The molecule has 0 saturated heterocycles. The molecule has 4 rings (SSSR count). The van der Waals surface area contributed by atoms with E-state index in [9.17, 15) is 9.59 Å². The summed E-state index contributed by atoms with van der Waals surface area (Å²) < 4.78 is 5.19. The van der Waals surface area contributed by atoms with E-state index >= 15 is 0 Å². The lowest BCUT2D eigenvalue weighted by molar-refractivity contribution is 0.0521. The topological polar surface area (TPSA) is 59.2 Å². The zero-order valence-corrected chi connectivity index (χ0v) is 14.1. The van der Waals surface area contributed by atoms with Gasteiger partial charge in [0.2, 0.25) is 0 Å². The second kappa shape index (κ2) is 5.74. The minimum atomic E-state index is -0.447. The summed E-state index contributed by atoms with van der Waals surface area (Å²) in [6, 6.07) is 15.2. The van der Waals surface area contributed by atoms with Crippen molar-refractivity contribution >= 4 is 11.8 Å². The van der Waals surface area contributed by atoms with Crippen LogP contribution in [0.3, 0.4) is 0 Å². The smallest absolute Gasteiger partial charge is 0.355 e. The molecule has 0 fully saturated rings. The number of rotatable bonds is 3. The van der Waals surface area contributed by atoms with Gasteiger partial charge in [-0.05, 0) is 19.4 Å². The monoisotopic (exact) mass is 331 g/mol. The third-order valence-corrected chi connectivity index (χ3v) is 4.49. The Morgan fingerprint density at radius 3 is 2.36 bits per heavy atom. The first-order valence-electron chi connectivity index (χ1n) is 8.26. The van der Waals surface area contributed by atoms with Gasteiger partial charge in [0.1, 0.15) is 5.69 Å². The minimum absolute atomic E-state index is 0.0621.